The summed E-state index contributed by atoms with van der Waals surface area (Å²) >= 11 is 0. The zero-order valence-electron chi connectivity index (χ0n) is 5.40. The summed E-state index contributed by atoms with van der Waals surface area (Å²) in [6.45, 7) is 2.73. The van der Waals surface area contributed by atoms with Crippen molar-refractivity contribution in [1.29, 1.82) is 0 Å². The molecule has 0 spiro atoms. The molecule has 54 valence electrons. The van der Waals surface area contributed by atoms with Crippen molar-refractivity contribution in [2.24, 2.45) is 5.92 Å². The van der Waals surface area contributed by atoms with Crippen LogP contribution in [0.3, 0.4) is 0 Å². The maximum Gasteiger partial charge on any atom is 0.253 e. The van der Waals surface area contributed by atoms with Crippen molar-refractivity contribution in [3.63, 3.8) is 0 Å². The zero-order chi connectivity index (χ0) is 6.85. The van der Waals surface area contributed by atoms with Gasteiger partial charge in [0.2, 0.25) is 0 Å². The Hall–Kier alpha value is -0.180. The van der Waals surface area contributed by atoms with Gasteiger partial charge in [-0.05, 0) is 18.9 Å². The van der Waals surface area contributed by atoms with Crippen LogP contribution < -0.4 is 5.32 Å². The molecule has 9 heavy (non-hydrogen) atoms. The predicted octanol–water partition coefficient (Wildman–Crippen LogP) is 1.25. The van der Waals surface area contributed by atoms with Gasteiger partial charge in [-0.15, -0.1) is 0 Å². The number of alkyl halides is 2. The molecule has 1 aliphatic rings. The molecule has 1 nitrogen and oxygen atoms in total. The van der Waals surface area contributed by atoms with E-state index >= 15 is 0 Å². The zero-order valence-corrected chi connectivity index (χ0v) is 5.40. The minimum absolute atomic E-state index is 0.420. The van der Waals surface area contributed by atoms with E-state index in [9.17, 15) is 8.78 Å². The van der Waals surface area contributed by atoms with Crippen LogP contribution in [0.4, 0.5) is 8.78 Å². The third-order valence-corrected chi connectivity index (χ3v) is 1.69. The SMILES string of the molecule is CC1CNC(C(F)F)C1. The maximum atomic E-state index is 11.9. The highest BCUT2D eigenvalue weighted by molar-refractivity contribution is 4.80. The van der Waals surface area contributed by atoms with Crippen molar-refractivity contribution in [2.45, 2.75) is 25.8 Å². The summed E-state index contributed by atoms with van der Waals surface area (Å²) in [6, 6.07) is -0.542. The van der Waals surface area contributed by atoms with E-state index in [0.717, 1.165) is 6.54 Å². The molecule has 0 saturated carbocycles. The first kappa shape index (κ1) is 6.93. The first-order valence-electron chi connectivity index (χ1n) is 3.21. The van der Waals surface area contributed by atoms with Crippen LogP contribution in [-0.4, -0.2) is 19.0 Å². The molecular formula is C6H11F2N. The standard InChI is InChI=1S/C6H11F2N/c1-4-2-5(6(7)8)9-3-4/h4-6,9H,2-3H2,1H3. The van der Waals surface area contributed by atoms with Gasteiger partial charge in [0.25, 0.3) is 6.43 Å². The lowest BCUT2D eigenvalue weighted by atomic mass is 10.1. The van der Waals surface area contributed by atoms with E-state index in [1.54, 1.807) is 0 Å². The molecule has 2 atom stereocenters. The third-order valence-electron chi connectivity index (χ3n) is 1.69. The average molecular weight is 135 g/mol. The Morgan fingerprint density at radius 1 is 1.56 bits per heavy atom. The molecule has 0 aromatic heterocycles. The van der Waals surface area contributed by atoms with Crippen molar-refractivity contribution in [1.82, 2.24) is 5.32 Å². The van der Waals surface area contributed by atoms with Gasteiger partial charge >= 0.3 is 0 Å². The van der Waals surface area contributed by atoms with Crippen molar-refractivity contribution < 1.29 is 8.78 Å². The summed E-state index contributed by atoms with van der Waals surface area (Å²) in [5.74, 6) is 0.420. The number of rotatable bonds is 1. The molecule has 3 heteroatoms. The fourth-order valence-electron chi connectivity index (χ4n) is 1.14. The Bertz CT molecular complexity index is 95.1. The fraction of sp³-hybridized carbons (Fsp3) is 1.00. The van der Waals surface area contributed by atoms with Crippen molar-refractivity contribution in [3.05, 3.63) is 0 Å². The van der Waals surface area contributed by atoms with Crippen LogP contribution in [0.5, 0.6) is 0 Å². The van der Waals surface area contributed by atoms with Gasteiger partial charge in [-0.2, -0.15) is 0 Å². The summed E-state index contributed by atoms with van der Waals surface area (Å²) in [5.41, 5.74) is 0. The van der Waals surface area contributed by atoms with Gasteiger partial charge in [0.15, 0.2) is 0 Å². The van der Waals surface area contributed by atoms with Crippen LogP contribution in [0.25, 0.3) is 0 Å². The molecule has 2 unspecified atom stereocenters. The molecule has 0 amide bonds. The van der Waals surface area contributed by atoms with E-state index in [4.69, 9.17) is 0 Å². The molecule has 1 fully saturated rings. The minimum atomic E-state index is -2.19. The van der Waals surface area contributed by atoms with Crippen LogP contribution in [-0.2, 0) is 0 Å². The highest BCUT2D eigenvalue weighted by atomic mass is 19.3. The van der Waals surface area contributed by atoms with Crippen molar-refractivity contribution in [3.8, 4) is 0 Å². The van der Waals surface area contributed by atoms with E-state index in [1.165, 1.54) is 0 Å². The topological polar surface area (TPSA) is 12.0 Å². The van der Waals surface area contributed by atoms with Crippen LogP contribution in [0.1, 0.15) is 13.3 Å². The van der Waals surface area contributed by atoms with Crippen molar-refractivity contribution in [2.75, 3.05) is 6.54 Å². The molecule has 1 rings (SSSR count). The van der Waals surface area contributed by atoms with Gasteiger partial charge < -0.3 is 5.32 Å². The third kappa shape index (κ3) is 1.61. The Morgan fingerprint density at radius 2 is 2.22 bits per heavy atom. The molecule has 1 heterocycles. The molecule has 0 aromatic rings. The smallest absolute Gasteiger partial charge is 0.253 e. The van der Waals surface area contributed by atoms with Gasteiger partial charge in [-0.1, -0.05) is 6.92 Å². The summed E-state index contributed by atoms with van der Waals surface area (Å²) in [4.78, 5) is 0. The minimum Gasteiger partial charge on any atom is -0.309 e. The predicted molar refractivity (Wildman–Crippen MR) is 31.6 cm³/mol. The lowest BCUT2D eigenvalue weighted by Crippen LogP contribution is -2.28. The second kappa shape index (κ2) is 2.60. The number of hydrogen-bond acceptors (Lipinski definition) is 1. The number of halogens is 2. The fourth-order valence-corrected chi connectivity index (χ4v) is 1.14. The average Bonchev–Trinajstić information content (AvgIpc) is 2.14. The van der Waals surface area contributed by atoms with Gasteiger partial charge in [-0.25, -0.2) is 8.78 Å². The van der Waals surface area contributed by atoms with Crippen LogP contribution in [0, 0.1) is 5.92 Å². The Labute approximate surface area is 53.4 Å². The normalized spacial score (nSPS) is 36.0. The van der Waals surface area contributed by atoms with Gasteiger partial charge in [0, 0.05) is 0 Å². The molecule has 1 N–H and O–H groups in total. The highest BCUT2D eigenvalue weighted by Crippen LogP contribution is 2.17. The van der Waals surface area contributed by atoms with Gasteiger partial charge in [0.05, 0.1) is 6.04 Å². The summed E-state index contributed by atoms with van der Waals surface area (Å²) in [5, 5.41) is 2.76. The Kier molecular flexibility index (Phi) is 2.01. The largest absolute Gasteiger partial charge is 0.309 e. The molecule has 0 aromatic carbocycles. The van der Waals surface area contributed by atoms with E-state index in [-0.39, 0.29) is 0 Å². The lowest BCUT2D eigenvalue weighted by molar-refractivity contribution is 0.106. The Morgan fingerprint density at radius 3 is 2.44 bits per heavy atom. The summed E-state index contributed by atoms with van der Waals surface area (Å²) in [7, 11) is 0. The van der Waals surface area contributed by atoms with E-state index in [1.807, 2.05) is 6.92 Å². The monoisotopic (exact) mass is 135 g/mol. The molecule has 1 saturated heterocycles. The maximum absolute atomic E-state index is 11.9. The van der Waals surface area contributed by atoms with E-state index < -0.39 is 12.5 Å². The molecule has 1 aliphatic heterocycles. The highest BCUT2D eigenvalue weighted by Gasteiger charge is 2.27. The van der Waals surface area contributed by atoms with E-state index in [0.29, 0.717) is 12.3 Å². The van der Waals surface area contributed by atoms with Crippen molar-refractivity contribution >= 4 is 0 Å². The lowest BCUT2D eigenvalue weighted by Gasteiger charge is -2.06. The number of nitrogens with one attached hydrogen (secondary N) is 1. The first-order valence-corrected chi connectivity index (χ1v) is 3.21. The van der Waals surface area contributed by atoms with Gasteiger partial charge in [-0.3, -0.25) is 0 Å². The quantitative estimate of drug-likeness (QED) is 0.570. The van der Waals surface area contributed by atoms with Crippen LogP contribution >= 0.6 is 0 Å². The molecule has 0 aliphatic carbocycles. The second-order valence-corrected chi connectivity index (χ2v) is 2.69. The second-order valence-electron chi connectivity index (χ2n) is 2.69. The molecular weight excluding hydrogens is 124 g/mol. The molecule has 0 radical (unpaired) electrons. The van der Waals surface area contributed by atoms with E-state index in [2.05, 4.69) is 5.32 Å². The first-order chi connectivity index (χ1) is 4.20. The Balaban J connectivity index is 2.30. The molecule has 0 bridgehead atoms. The summed E-state index contributed by atoms with van der Waals surface area (Å²) in [6.07, 6.45) is -1.56. The summed E-state index contributed by atoms with van der Waals surface area (Å²) < 4.78 is 23.7. The van der Waals surface area contributed by atoms with Crippen LogP contribution in [0.2, 0.25) is 0 Å². The number of hydrogen-bond donors (Lipinski definition) is 1. The van der Waals surface area contributed by atoms with Crippen LogP contribution in [0.15, 0.2) is 0 Å². The van der Waals surface area contributed by atoms with Gasteiger partial charge in [0.1, 0.15) is 0 Å².